The molecule has 0 aliphatic carbocycles. The van der Waals surface area contributed by atoms with Gasteiger partial charge in [0.05, 0.1) is 35.1 Å². The van der Waals surface area contributed by atoms with Gasteiger partial charge in [0.25, 0.3) is 0 Å². The normalized spacial score (nSPS) is 14.1. The zero-order valence-electron chi connectivity index (χ0n) is 19.5. The van der Waals surface area contributed by atoms with Crippen molar-refractivity contribution in [2.24, 2.45) is 5.73 Å². The van der Waals surface area contributed by atoms with Crippen LogP contribution in [0.2, 0.25) is 0 Å². The van der Waals surface area contributed by atoms with Crippen LogP contribution in [0.3, 0.4) is 0 Å². The summed E-state index contributed by atoms with van der Waals surface area (Å²) in [6, 6.07) is 15.6. The Balaban J connectivity index is 1.32. The van der Waals surface area contributed by atoms with Gasteiger partial charge in [-0.05, 0) is 29.8 Å². The molecule has 0 spiro atoms. The number of fused-ring (bicyclic) bond motifs is 2. The van der Waals surface area contributed by atoms with Crippen LogP contribution in [0.15, 0.2) is 54.7 Å². The van der Waals surface area contributed by atoms with Crippen molar-refractivity contribution in [3.63, 3.8) is 0 Å². The van der Waals surface area contributed by atoms with Crippen LogP contribution in [-0.2, 0) is 17.8 Å². The molecule has 4 N–H and O–H groups in total. The lowest BCUT2D eigenvalue weighted by molar-refractivity contribution is 0.1000. The number of H-pyrrole nitrogens is 1. The molecule has 5 aromatic rings. The Hall–Kier alpha value is -3.86. The molecular weight excluding hydrogens is 474 g/mol. The van der Waals surface area contributed by atoms with E-state index in [4.69, 9.17) is 20.4 Å². The second kappa shape index (κ2) is 9.65. The standard InChI is InChI=1S/C26H25N7O2S/c27-24(34)17-4-1-3-16(11-17)13-28-14-18-12-22-23(36-18)26(33-7-9-35-10-8-33)31-25(30-22)19-5-2-6-21-20(19)15-29-32-21/h1-6,11-12,15,28H,7-10,13-14H2,(H2,27,34)(H,29,32). The molecule has 0 atom stereocenters. The van der Waals surface area contributed by atoms with Crippen molar-refractivity contribution in [1.29, 1.82) is 0 Å². The van der Waals surface area contributed by atoms with E-state index in [2.05, 4.69) is 26.5 Å². The maximum atomic E-state index is 11.5. The zero-order valence-corrected chi connectivity index (χ0v) is 20.3. The summed E-state index contributed by atoms with van der Waals surface area (Å²) < 4.78 is 6.66. The van der Waals surface area contributed by atoms with Crippen LogP contribution in [0.1, 0.15) is 20.8 Å². The number of aromatic nitrogens is 4. The fourth-order valence-electron chi connectivity index (χ4n) is 4.49. The summed E-state index contributed by atoms with van der Waals surface area (Å²) in [5.41, 5.74) is 9.78. The topological polar surface area (TPSA) is 122 Å². The highest BCUT2D eigenvalue weighted by molar-refractivity contribution is 7.19. The number of carbonyl (C=O) groups excluding carboxylic acids is 1. The molecule has 1 aliphatic heterocycles. The number of hydrogen-bond donors (Lipinski definition) is 3. The molecule has 1 fully saturated rings. The first-order chi connectivity index (χ1) is 17.7. The number of benzene rings is 2. The first-order valence-corrected chi connectivity index (χ1v) is 12.6. The lowest BCUT2D eigenvalue weighted by Crippen LogP contribution is -2.36. The molecule has 1 amide bonds. The molecule has 36 heavy (non-hydrogen) atoms. The second-order valence-corrected chi connectivity index (χ2v) is 9.84. The predicted octanol–water partition coefficient (Wildman–Crippen LogP) is 3.46. The molecule has 2 aromatic carbocycles. The number of hydrogen-bond acceptors (Lipinski definition) is 8. The summed E-state index contributed by atoms with van der Waals surface area (Å²) in [5.74, 6) is 1.22. The molecule has 0 radical (unpaired) electrons. The van der Waals surface area contributed by atoms with Gasteiger partial charge in [-0.2, -0.15) is 5.10 Å². The number of nitrogens with one attached hydrogen (secondary N) is 2. The maximum absolute atomic E-state index is 11.5. The number of thiophene rings is 1. The Labute approximate surface area is 211 Å². The third-order valence-electron chi connectivity index (χ3n) is 6.28. The summed E-state index contributed by atoms with van der Waals surface area (Å²) in [6.45, 7) is 4.26. The Bertz CT molecular complexity index is 1550. The van der Waals surface area contributed by atoms with Gasteiger partial charge in [0.1, 0.15) is 0 Å². The van der Waals surface area contributed by atoms with E-state index in [1.165, 1.54) is 4.88 Å². The smallest absolute Gasteiger partial charge is 0.248 e. The van der Waals surface area contributed by atoms with Crippen LogP contribution >= 0.6 is 11.3 Å². The molecule has 182 valence electrons. The Morgan fingerprint density at radius 1 is 1.11 bits per heavy atom. The first kappa shape index (κ1) is 22.6. The molecule has 6 rings (SSSR count). The van der Waals surface area contributed by atoms with Crippen molar-refractivity contribution < 1.29 is 9.53 Å². The van der Waals surface area contributed by atoms with Gasteiger partial charge >= 0.3 is 0 Å². The summed E-state index contributed by atoms with van der Waals surface area (Å²) in [7, 11) is 0. The Morgan fingerprint density at radius 2 is 1.97 bits per heavy atom. The molecule has 1 aliphatic rings. The molecule has 0 bridgehead atoms. The van der Waals surface area contributed by atoms with Gasteiger partial charge < -0.3 is 20.7 Å². The van der Waals surface area contributed by atoms with Crippen LogP contribution < -0.4 is 16.0 Å². The second-order valence-electron chi connectivity index (χ2n) is 8.70. The van der Waals surface area contributed by atoms with Crippen LogP contribution in [0.4, 0.5) is 5.82 Å². The van der Waals surface area contributed by atoms with Gasteiger partial charge in [-0.25, -0.2) is 9.97 Å². The van der Waals surface area contributed by atoms with Gasteiger partial charge in [0, 0.05) is 47.6 Å². The van der Waals surface area contributed by atoms with Crippen LogP contribution in [0.5, 0.6) is 0 Å². The van der Waals surface area contributed by atoms with E-state index < -0.39 is 5.91 Å². The molecule has 3 aromatic heterocycles. The van der Waals surface area contributed by atoms with E-state index in [9.17, 15) is 4.79 Å². The number of morpholine rings is 1. The van der Waals surface area contributed by atoms with E-state index in [1.807, 2.05) is 42.6 Å². The van der Waals surface area contributed by atoms with Gasteiger partial charge in [-0.3, -0.25) is 9.89 Å². The Kier molecular flexibility index (Phi) is 6.06. The number of carbonyl (C=O) groups is 1. The predicted molar refractivity (Wildman–Crippen MR) is 141 cm³/mol. The van der Waals surface area contributed by atoms with Crippen molar-refractivity contribution in [3.05, 3.63) is 70.7 Å². The summed E-state index contributed by atoms with van der Waals surface area (Å²) in [6.07, 6.45) is 1.82. The fraction of sp³-hybridized carbons (Fsp3) is 0.231. The van der Waals surface area contributed by atoms with Crippen molar-refractivity contribution in [2.45, 2.75) is 13.1 Å². The SMILES string of the molecule is NC(=O)c1cccc(CNCc2cc3nc(-c4cccc5[nH]ncc45)nc(N4CCOCC4)c3s2)c1. The third-order valence-corrected chi connectivity index (χ3v) is 7.40. The highest BCUT2D eigenvalue weighted by Gasteiger charge is 2.21. The van der Waals surface area contributed by atoms with E-state index >= 15 is 0 Å². The van der Waals surface area contributed by atoms with Gasteiger partial charge in [-0.1, -0.05) is 24.3 Å². The van der Waals surface area contributed by atoms with Crippen LogP contribution in [0, 0.1) is 0 Å². The number of amides is 1. The zero-order chi connectivity index (χ0) is 24.5. The van der Waals surface area contributed by atoms with Gasteiger partial charge in [0.2, 0.25) is 5.91 Å². The number of aromatic amines is 1. The van der Waals surface area contributed by atoms with Crippen molar-refractivity contribution in [2.75, 3.05) is 31.2 Å². The summed E-state index contributed by atoms with van der Waals surface area (Å²) in [4.78, 5) is 24.9. The lowest BCUT2D eigenvalue weighted by Gasteiger charge is -2.28. The minimum absolute atomic E-state index is 0.419. The number of anilines is 1. The minimum Gasteiger partial charge on any atom is -0.378 e. The number of rotatable bonds is 7. The summed E-state index contributed by atoms with van der Waals surface area (Å²) >= 11 is 1.71. The van der Waals surface area contributed by atoms with Crippen LogP contribution in [-0.4, -0.2) is 52.4 Å². The lowest BCUT2D eigenvalue weighted by atomic mass is 10.1. The van der Waals surface area contributed by atoms with Gasteiger partial charge in [-0.15, -0.1) is 11.3 Å². The number of primary amides is 1. The quantitative estimate of drug-likeness (QED) is 0.313. The van der Waals surface area contributed by atoms with E-state index in [-0.39, 0.29) is 0 Å². The molecule has 1 saturated heterocycles. The Morgan fingerprint density at radius 3 is 2.83 bits per heavy atom. The average Bonchev–Trinajstić information content (AvgIpc) is 3.55. The molecule has 0 unspecified atom stereocenters. The largest absolute Gasteiger partial charge is 0.378 e. The number of nitrogens with zero attached hydrogens (tertiary/aromatic N) is 4. The summed E-state index contributed by atoms with van der Waals surface area (Å²) in [5, 5.41) is 11.7. The van der Waals surface area contributed by atoms with Crippen molar-refractivity contribution in [3.8, 4) is 11.4 Å². The van der Waals surface area contributed by atoms with E-state index in [1.54, 1.807) is 17.4 Å². The van der Waals surface area contributed by atoms with Gasteiger partial charge in [0.15, 0.2) is 11.6 Å². The number of ether oxygens (including phenoxy) is 1. The van der Waals surface area contributed by atoms with Crippen LogP contribution in [0.25, 0.3) is 32.5 Å². The molecule has 10 heteroatoms. The highest BCUT2D eigenvalue weighted by Crippen LogP contribution is 2.35. The average molecular weight is 500 g/mol. The molecule has 4 heterocycles. The number of nitrogens with two attached hydrogens (primary N) is 1. The highest BCUT2D eigenvalue weighted by atomic mass is 32.1. The minimum atomic E-state index is -0.419. The molecule has 9 nitrogen and oxygen atoms in total. The first-order valence-electron chi connectivity index (χ1n) is 11.8. The fourth-order valence-corrected chi connectivity index (χ4v) is 5.57. The molecular formula is C26H25N7O2S. The van der Waals surface area contributed by atoms with E-state index in [0.29, 0.717) is 37.7 Å². The van der Waals surface area contributed by atoms with Crippen molar-refractivity contribution in [1.82, 2.24) is 25.5 Å². The maximum Gasteiger partial charge on any atom is 0.248 e. The molecule has 0 saturated carbocycles. The van der Waals surface area contributed by atoms with E-state index in [0.717, 1.165) is 51.2 Å². The monoisotopic (exact) mass is 499 g/mol. The van der Waals surface area contributed by atoms with Crippen molar-refractivity contribution >= 4 is 44.2 Å². The third kappa shape index (κ3) is 4.41.